The summed E-state index contributed by atoms with van der Waals surface area (Å²) in [4.78, 5) is 17.2. The molecule has 1 aromatic heterocycles. The number of ether oxygens (including phenoxy) is 1. The van der Waals surface area contributed by atoms with Gasteiger partial charge in [0.2, 0.25) is 0 Å². The molecule has 5 aliphatic carbocycles. The first-order valence-electron chi connectivity index (χ1n) is 17.2. The number of amides is 1. The Kier molecular flexibility index (Phi) is 8.71. The van der Waals surface area contributed by atoms with Crippen LogP contribution in [0.1, 0.15) is 104 Å². The van der Waals surface area contributed by atoms with Gasteiger partial charge >= 0.3 is 6.09 Å². The van der Waals surface area contributed by atoms with Gasteiger partial charge in [-0.15, -0.1) is 11.3 Å². The van der Waals surface area contributed by atoms with Crippen LogP contribution in [0, 0.1) is 40.4 Å². The average molecular weight is 610 g/mol. The zero-order chi connectivity index (χ0) is 30.6. The summed E-state index contributed by atoms with van der Waals surface area (Å²) in [5.74, 6) is 2.24. The summed E-state index contributed by atoms with van der Waals surface area (Å²) in [6.45, 7) is 12.4. The second-order valence-corrected chi connectivity index (χ2v) is 16.8. The fraction of sp³-hybridized carbons (Fsp3) is 0.757. The van der Waals surface area contributed by atoms with E-state index in [1.807, 2.05) is 4.90 Å². The molecule has 0 aliphatic heterocycles. The molecule has 5 aliphatic rings. The normalized spacial score (nSPS) is 40.7. The molecule has 9 unspecified atom stereocenters. The first-order chi connectivity index (χ1) is 20.4. The standard InChI is InChI=1S/C37H55NO4S/c1-24(2)29-10-8-25(3)21-33(29)42-34(40)38(19-15-28-7-6-20-43-28)23-37(41)18-14-32-30-11-9-26-22-27(39)12-16-35(26,4)31(30)13-17-36(32,37)5/h6-7,9,11,20,24-25,27,29,31-33,39,41H,8,10,12-19,21-23H2,1-5H3. The Morgan fingerprint density at radius 1 is 1.09 bits per heavy atom. The molecule has 0 saturated heterocycles. The Balaban J connectivity index is 1.23. The van der Waals surface area contributed by atoms with Crippen molar-refractivity contribution in [2.24, 2.45) is 40.4 Å². The number of aliphatic hydroxyl groups excluding tert-OH is 1. The number of thiophene rings is 1. The van der Waals surface area contributed by atoms with E-state index >= 15 is 0 Å². The summed E-state index contributed by atoms with van der Waals surface area (Å²) in [5, 5.41) is 25.1. The van der Waals surface area contributed by atoms with Crippen LogP contribution in [0.2, 0.25) is 0 Å². The first kappa shape index (κ1) is 31.4. The lowest BCUT2D eigenvalue weighted by Gasteiger charge is -2.56. The fourth-order valence-electron chi connectivity index (χ4n) is 10.1. The quantitative estimate of drug-likeness (QED) is 0.327. The lowest BCUT2D eigenvalue weighted by molar-refractivity contribution is -0.103. The maximum Gasteiger partial charge on any atom is 0.410 e. The predicted molar refractivity (Wildman–Crippen MR) is 174 cm³/mol. The molecule has 0 radical (unpaired) electrons. The highest BCUT2D eigenvalue weighted by Gasteiger charge is 2.62. The van der Waals surface area contributed by atoms with E-state index < -0.39 is 5.60 Å². The van der Waals surface area contributed by atoms with E-state index in [0.29, 0.717) is 49.1 Å². The summed E-state index contributed by atoms with van der Waals surface area (Å²) < 4.78 is 6.40. The van der Waals surface area contributed by atoms with E-state index in [4.69, 9.17) is 4.74 Å². The highest BCUT2D eigenvalue weighted by molar-refractivity contribution is 7.09. The van der Waals surface area contributed by atoms with Gasteiger partial charge in [0.05, 0.1) is 18.2 Å². The largest absolute Gasteiger partial charge is 0.446 e. The molecule has 1 aromatic rings. The zero-order valence-corrected chi connectivity index (χ0v) is 28.0. The molecule has 0 bridgehead atoms. The van der Waals surface area contributed by atoms with E-state index in [1.165, 1.54) is 22.4 Å². The minimum atomic E-state index is -0.955. The molecule has 238 valence electrons. The number of hydrogen-bond acceptors (Lipinski definition) is 5. The number of carbonyl (C=O) groups is 1. The molecule has 43 heavy (non-hydrogen) atoms. The van der Waals surface area contributed by atoms with Gasteiger partial charge in [-0.1, -0.05) is 70.4 Å². The molecule has 5 nitrogen and oxygen atoms in total. The van der Waals surface area contributed by atoms with Crippen molar-refractivity contribution in [1.29, 1.82) is 0 Å². The minimum Gasteiger partial charge on any atom is -0.446 e. The Morgan fingerprint density at radius 2 is 1.88 bits per heavy atom. The smallest absolute Gasteiger partial charge is 0.410 e. The highest BCUT2D eigenvalue weighted by Crippen LogP contribution is 2.66. The van der Waals surface area contributed by atoms with Crippen LogP contribution in [0.4, 0.5) is 4.79 Å². The van der Waals surface area contributed by atoms with E-state index in [2.05, 4.69) is 64.3 Å². The number of aliphatic hydroxyl groups is 2. The Hall–Kier alpha value is -1.63. The number of fused-ring (bicyclic) bond motifs is 5. The number of allylic oxidation sites excluding steroid dienone is 3. The summed E-state index contributed by atoms with van der Waals surface area (Å²) in [5.41, 5.74) is 1.80. The van der Waals surface area contributed by atoms with Crippen LogP contribution in [-0.2, 0) is 11.2 Å². The van der Waals surface area contributed by atoms with Crippen molar-refractivity contribution in [3.63, 3.8) is 0 Å². The third-order valence-electron chi connectivity index (χ3n) is 13.0. The number of rotatable bonds is 7. The second kappa shape index (κ2) is 11.9. The summed E-state index contributed by atoms with van der Waals surface area (Å²) >= 11 is 1.73. The van der Waals surface area contributed by atoms with E-state index in [1.54, 1.807) is 11.3 Å². The van der Waals surface area contributed by atoms with Gasteiger partial charge in [0, 0.05) is 16.8 Å². The van der Waals surface area contributed by atoms with Crippen molar-refractivity contribution in [3.8, 4) is 0 Å². The topological polar surface area (TPSA) is 70.0 Å². The van der Waals surface area contributed by atoms with Gasteiger partial charge in [0.15, 0.2) is 0 Å². The lowest BCUT2D eigenvalue weighted by atomic mass is 9.50. The predicted octanol–water partition coefficient (Wildman–Crippen LogP) is 8.16. The molecule has 4 saturated carbocycles. The Labute approximate surface area is 263 Å². The molecule has 1 heterocycles. The summed E-state index contributed by atoms with van der Waals surface area (Å²) in [7, 11) is 0. The van der Waals surface area contributed by atoms with E-state index in [0.717, 1.165) is 57.8 Å². The van der Waals surface area contributed by atoms with E-state index in [-0.39, 0.29) is 29.1 Å². The van der Waals surface area contributed by atoms with Gasteiger partial charge in [-0.2, -0.15) is 0 Å². The highest BCUT2D eigenvalue weighted by atomic mass is 32.1. The van der Waals surface area contributed by atoms with Gasteiger partial charge in [0.25, 0.3) is 0 Å². The molecule has 9 atom stereocenters. The monoisotopic (exact) mass is 609 g/mol. The van der Waals surface area contributed by atoms with Crippen LogP contribution in [-0.4, -0.2) is 52.1 Å². The van der Waals surface area contributed by atoms with Crippen LogP contribution in [0.15, 0.2) is 40.8 Å². The maximum atomic E-state index is 14.1. The molecule has 0 spiro atoms. The molecular weight excluding hydrogens is 554 g/mol. The average Bonchev–Trinajstić information content (AvgIpc) is 3.57. The van der Waals surface area contributed by atoms with Gasteiger partial charge < -0.3 is 19.8 Å². The molecule has 4 fully saturated rings. The fourth-order valence-corrected chi connectivity index (χ4v) is 10.8. The van der Waals surface area contributed by atoms with Crippen LogP contribution >= 0.6 is 11.3 Å². The van der Waals surface area contributed by atoms with Gasteiger partial charge in [-0.25, -0.2) is 4.79 Å². The van der Waals surface area contributed by atoms with Crippen molar-refractivity contribution in [1.82, 2.24) is 4.90 Å². The Morgan fingerprint density at radius 3 is 2.63 bits per heavy atom. The van der Waals surface area contributed by atoms with Crippen LogP contribution in [0.25, 0.3) is 0 Å². The van der Waals surface area contributed by atoms with Gasteiger partial charge in [0.1, 0.15) is 6.10 Å². The third-order valence-corrected chi connectivity index (χ3v) is 13.9. The molecule has 6 heteroatoms. The van der Waals surface area contributed by atoms with Gasteiger partial charge in [-0.3, -0.25) is 0 Å². The summed E-state index contributed by atoms with van der Waals surface area (Å²) in [6, 6.07) is 4.20. The zero-order valence-electron chi connectivity index (χ0n) is 27.2. The van der Waals surface area contributed by atoms with E-state index in [9.17, 15) is 15.0 Å². The van der Waals surface area contributed by atoms with Crippen molar-refractivity contribution < 1.29 is 19.7 Å². The number of carbonyl (C=O) groups excluding carboxylic acids is 1. The molecule has 1 amide bonds. The SMILES string of the molecule is CC1CCC(C(C)C)C(OC(=O)N(CCc2cccs2)CC2(O)CCC3C4=CC=C5CC(O)CCC5(C)C4CCC32C)C1. The maximum absolute atomic E-state index is 14.1. The third kappa shape index (κ3) is 5.67. The number of hydrogen-bond donors (Lipinski definition) is 2. The molecule has 2 N–H and O–H groups in total. The number of nitrogens with zero attached hydrogens (tertiary/aromatic N) is 1. The van der Waals surface area contributed by atoms with Crippen LogP contribution in [0.3, 0.4) is 0 Å². The lowest BCUT2D eigenvalue weighted by Crippen LogP contribution is -2.57. The second-order valence-electron chi connectivity index (χ2n) is 15.8. The van der Waals surface area contributed by atoms with Crippen molar-refractivity contribution in [3.05, 3.63) is 45.7 Å². The minimum absolute atomic E-state index is 0.0550. The van der Waals surface area contributed by atoms with Crippen LogP contribution < -0.4 is 0 Å². The molecule has 6 rings (SSSR count). The van der Waals surface area contributed by atoms with Crippen molar-refractivity contribution in [2.75, 3.05) is 13.1 Å². The van der Waals surface area contributed by atoms with Crippen LogP contribution in [0.5, 0.6) is 0 Å². The molecule has 0 aromatic carbocycles. The first-order valence-corrected chi connectivity index (χ1v) is 18.1. The Bertz CT molecular complexity index is 1220. The van der Waals surface area contributed by atoms with Crippen molar-refractivity contribution >= 4 is 17.4 Å². The van der Waals surface area contributed by atoms with Crippen molar-refractivity contribution in [2.45, 2.75) is 123 Å². The molecular formula is C37H55NO4S. The van der Waals surface area contributed by atoms with Gasteiger partial charge in [-0.05, 0) is 111 Å². The summed E-state index contributed by atoms with van der Waals surface area (Å²) in [6.07, 6.45) is 14.6.